The lowest BCUT2D eigenvalue weighted by Crippen LogP contribution is -2.48. The zero-order chi connectivity index (χ0) is 22.1. The Labute approximate surface area is 188 Å². The van der Waals surface area contributed by atoms with Gasteiger partial charge in [0.15, 0.2) is 0 Å². The van der Waals surface area contributed by atoms with E-state index in [-0.39, 0.29) is 16.6 Å². The summed E-state index contributed by atoms with van der Waals surface area (Å²) in [6.07, 6.45) is 6.80. The molecule has 4 bridgehead atoms. The molecule has 4 aliphatic carbocycles. The average Bonchev–Trinajstić information content (AvgIpc) is 3.09. The van der Waals surface area contributed by atoms with Gasteiger partial charge in [0.25, 0.3) is 0 Å². The van der Waals surface area contributed by atoms with E-state index in [4.69, 9.17) is 19.3 Å². The second kappa shape index (κ2) is 6.90. The molecule has 168 valence electrons. The fourth-order valence-electron chi connectivity index (χ4n) is 7.69. The van der Waals surface area contributed by atoms with E-state index in [1.807, 2.05) is 6.07 Å². The molecule has 4 saturated carbocycles. The van der Waals surface area contributed by atoms with Crippen molar-refractivity contribution in [1.29, 1.82) is 0 Å². The van der Waals surface area contributed by atoms with Crippen LogP contribution in [0, 0.1) is 17.8 Å². The summed E-state index contributed by atoms with van der Waals surface area (Å²) in [6, 6.07) is 12.0. The summed E-state index contributed by atoms with van der Waals surface area (Å²) in [5.74, 6) is 4.60. The molecule has 1 heterocycles. The van der Waals surface area contributed by atoms with E-state index >= 15 is 0 Å². The van der Waals surface area contributed by atoms with Crippen LogP contribution in [0.3, 0.4) is 0 Å². The van der Waals surface area contributed by atoms with Crippen LogP contribution < -0.4 is 14.2 Å². The number of fused-ring (bicyclic) bond motifs is 1. The quantitative estimate of drug-likeness (QED) is 0.478. The smallest absolute Gasteiger partial charge is 0.496 e. The lowest BCUT2D eigenvalue weighted by molar-refractivity contribution is -0.00622. The first-order valence-corrected chi connectivity index (χ1v) is 11.8. The van der Waals surface area contributed by atoms with Gasteiger partial charge in [0.05, 0.1) is 12.5 Å². The van der Waals surface area contributed by atoms with Gasteiger partial charge in [-0.2, -0.15) is 0 Å². The second-order valence-electron chi connectivity index (χ2n) is 10.8. The maximum Gasteiger partial charge on any atom is 0.511 e. The molecule has 1 atom stereocenters. The summed E-state index contributed by atoms with van der Waals surface area (Å²) in [7, 11) is 1.79. The van der Waals surface area contributed by atoms with E-state index in [0.29, 0.717) is 12.4 Å². The Balaban J connectivity index is 1.41. The summed E-state index contributed by atoms with van der Waals surface area (Å²) < 4.78 is 16.8. The third-order valence-corrected chi connectivity index (χ3v) is 8.72. The molecule has 4 fully saturated rings. The van der Waals surface area contributed by atoms with Gasteiger partial charge in [0, 0.05) is 17.2 Å². The zero-order valence-corrected chi connectivity index (χ0v) is 18.7. The summed E-state index contributed by atoms with van der Waals surface area (Å²) in [5, 5.41) is 8.92. The van der Waals surface area contributed by atoms with E-state index in [2.05, 4.69) is 25.1 Å². The number of carboxylic acid groups (broad SMARTS) is 1. The molecule has 5 heteroatoms. The van der Waals surface area contributed by atoms with Crippen LogP contribution in [0.5, 0.6) is 17.2 Å². The lowest BCUT2D eigenvalue weighted by atomic mass is 9.48. The highest BCUT2D eigenvalue weighted by Gasteiger charge is 2.53. The van der Waals surface area contributed by atoms with Crippen molar-refractivity contribution in [3.8, 4) is 17.2 Å². The zero-order valence-electron chi connectivity index (χ0n) is 18.7. The molecule has 32 heavy (non-hydrogen) atoms. The highest BCUT2D eigenvalue weighted by molar-refractivity contribution is 5.63. The molecule has 2 aromatic carbocycles. The van der Waals surface area contributed by atoms with Gasteiger partial charge in [0.1, 0.15) is 23.9 Å². The van der Waals surface area contributed by atoms with Crippen molar-refractivity contribution >= 4 is 6.16 Å². The molecule has 1 aliphatic heterocycles. The van der Waals surface area contributed by atoms with Crippen molar-refractivity contribution in [3.63, 3.8) is 0 Å². The Morgan fingerprint density at radius 2 is 1.69 bits per heavy atom. The molecule has 1 N–H and O–H groups in total. The fraction of sp³-hybridized carbons (Fsp3) is 0.519. The molecular weight excluding hydrogens is 404 g/mol. The van der Waals surface area contributed by atoms with E-state index in [1.54, 1.807) is 19.2 Å². The predicted molar refractivity (Wildman–Crippen MR) is 120 cm³/mol. The van der Waals surface area contributed by atoms with Gasteiger partial charge in [-0.3, -0.25) is 0 Å². The monoisotopic (exact) mass is 434 g/mol. The summed E-state index contributed by atoms with van der Waals surface area (Å²) in [4.78, 5) is 10.9. The number of ether oxygens (including phenoxy) is 3. The van der Waals surface area contributed by atoms with Crippen molar-refractivity contribution in [2.24, 2.45) is 17.8 Å². The number of hydrogen-bond acceptors (Lipinski definition) is 4. The van der Waals surface area contributed by atoms with Crippen LogP contribution >= 0.6 is 0 Å². The SMILES string of the molecule is COc1ccc(C2(C)COc3cc(OC(=O)O)ccc32)cc1C12CC3CC(CC(C3)C1)C2. The van der Waals surface area contributed by atoms with Crippen LogP contribution in [-0.2, 0) is 10.8 Å². The molecule has 0 spiro atoms. The summed E-state index contributed by atoms with van der Waals surface area (Å²) >= 11 is 0. The normalized spacial score (nSPS) is 34.1. The number of rotatable bonds is 4. The van der Waals surface area contributed by atoms with Gasteiger partial charge in [0.2, 0.25) is 0 Å². The predicted octanol–water partition coefficient (Wildman–Crippen LogP) is 5.92. The minimum Gasteiger partial charge on any atom is -0.496 e. The fourth-order valence-corrected chi connectivity index (χ4v) is 7.69. The first kappa shape index (κ1) is 20.0. The third-order valence-electron chi connectivity index (χ3n) is 8.72. The van der Waals surface area contributed by atoms with Gasteiger partial charge < -0.3 is 19.3 Å². The molecule has 0 radical (unpaired) electrons. The Morgan fingerprint density at radius 3 is 2.31 bits per heavy atom. The molecule has 5 nitrogen and oxygen atoms in total. The van der Waals surface area contributed by atoms with Gasteiger partial charge in [-0.25, -0.2) is 4.79 Å². The van der Waals surface area contributed by atoms with Gasteiger partial charge in [-0.05, 0) is 86.3 Å². The van der Waals surface area contributed by atoms with E-state index in [0.717, 1.165) is 29.1 Å². The van der Waals surface area contributed by atoms with Crippen molar-refractivity contribution in [2.45, 2.75) is 56.3 Å². The van der Waals surface area contributed by atoms with Crippen molar-refractivity contribution < 1.29 is 24.1 Å². The maximum absolute atomic E-state index is 10.9. The number of methoxy groups -OCH3 is 1. The molecule has 0 saturated heterocycles. The highest BCUT2D eigenvalue weighted by Crippen LogP contribution is 2.62. The Bertz CT molecular complexity index is 1050. The van der Waals surface area contributed by atoms with Gasteiger partial charge >= 0.3 is 6.16 Å². The maximum atomic E-state index is 10.9. The van der Waals surface area contributed by atoms with Gasteiger partial charge in [-0.15, -0.1) is 0 Å². The van der Waals surface area contributed by atoms with Crippen molar-refractivity contribution in [3.05, 3.63) is 53.1 Å². The largest absolute Gasteiger partial charge is 0.511 e. The first-order valence-electron chi connectivity index (χ1n) is 11.8. The summed E-state index contributed by atoms with van der Waals surface area (Å²) in [5.41, 5.74) is 3.62. The van der Waals surface area contributed by atoms with Crippen molar-refractivity contribution in [1.82, 2.24) is 0 Å². The van der Waals surface area contributed by atoms with Crippen LogP contribution in [0.4, 0.5) is 4.79 Å². The van der Waals surface area contributed by atoms with Crippen LogP contribution in [-0.4, -0.2) is 25.0 Å². The lowest BCUT2D eigenvalue weighted by Gasteiger charge is -2.57. The highest BCUT2D eigenvalue weighted by atomic mass is 16.7. The van der Waals surface area contributed by atoms with Crippen LogP contribution in [0.2, 0.25) is 0 Å². The van der Waals surface area contributed by atoms with Crippen LogP contribution in [0.15, 0.2) is 36.4 Å². The molecule has 2 aromatic rings. The second-order valence-corrected chi connectivity index (χ2v) is 10.8. The van der Waals surface area contributed by atoms with Crippen LogP contribution in [0.1, 0.15) is 62.1 Å². The van der Waals surface area contributed by atoms with E-state index in [9.17, 15) is 4.79 Å². The molecular formula is C27H30O5. The number of hydrogen-bond donors (Lipinski definition) is 1. The molecule has 1 unspecified atom stereocenters. The topological polar surface area (TPSA) is 65.0 Å². The molecule has 7 rings (SSSR count). The molecule has 0 aromatic heterocycles. The average molecular weight is 435 g/mol. The molecule has 5 aliphatic rings. The third kappa shape index (κ3) is 2.93. The Kier molecular flexibility index (Phi) is 4.30. The minimum absolute atomic E-state index is 0.244. The van der Waals surface area contributed by atoms with Crippen LogP contribution in [0.25, 0.3) is 0 Å². The number of benzene rings is 2. The standard InChI is InChI=1S/C27H30O5/c1-26(15-31-24-11-20(32-25(28)29)4-5-21(24)26)19-3-6-23(30-2)22(10-19)27-12-16-7-17(13-27)9-18(8-16)14-27/h3-6,10-11,16-18H,7-9,12-15H2,1-2H3,(H,28,29). The van der Waals surface area contributed by atoms with Gasteiger partial charge in [-0.1, -0.05) is 18.2 Å². The Hall–Kier alpha value is -2.69. The van der Waals surface area contributed by atoms with E-state index in [1.165, 1.54) is 49.7 Å². The van der Waals surface area contributed by atoms with E-state index < -0.39 is 6.16 Å². The number of carbonyl (C=O) groups is 1. The van der Waals surface area contributed by atoms with Crippen molar-refractivity contribution in [2.75, 3.05) is 13.7 Å². The first-order chi connectivity index (χ1) is 15.4. The Morgan fingerprint density at radius 1 is 1.00 bits per heavy atom. The molecule has 0 amide bonds. The summed E-state index contributed by atoms with van der Waals surface area (Å²) in [6.45, 7) is 2.73. The minimum atomic E-state index is -1.32.